The average molecular weight is 714 g/mol. The fourth-order valence-electron chi connectivity index (χ4n) is 6.17. The van der Waals surface area contributed by atoms with Crippen LogP contribution in [0.2, 0.25) is 0 Å². The molecule has 0 aromatic rings. The molecule has 0 heterocycles. The van der Waals surface area contributed by atoms with E-state index in [2.05, 4.69) is 67.8 Å². The third-order valence-corrected chi connectivity index (χ3v) is 9.49. The first-order valence-electron chi connectivity index (χ1n) is 21.6. The molecule has 5 heteroatoms. The van der Waals surface area contributed by atoms with Gasteiger partial charge in [0.25, 0.3) is 0 Å². The van der Waals surface area contributed by atoms with Gasteiger partial charge < -0.3 is 20.6 Å². The van der Waals surface area contributed by atoms with Crippen LogP contribution in [0.5, 0.6) is 0 Å². The Bertz CT molecular complexity index is 876. The zero-order valence-corrected chi connectivity index (χ0v) is 33.5. The third kappa shape index (κ3) is 37.6. The summed E-state index contributed by atoms with van der Waals surface area (Å²) >= 11 is 0. The molecule has 0 saturated heterocycles. The second-order valence-electron chi connectivity index (χ2n) is 14.6. The number of hydrogen-bond acceptors (Lipinski definition) is 4. The van der Waals surface area contributed by atoms with Gasteiger partial charge in [-0.3, -0.25) is 4.79 Å². The number of carbonyl (C=O) groups is 1. The molecule has 0 fully saturated rings. The Labute approximate surface area is 316 Å². The minimum Gasteiger partial charge on any atom is -0.394 e. The van der Waals surface area contributed by atoms with Crippen LogP contribution in [0.3, 0.4) is 0 Å². The summed E-state index contributed by atoms with van der Waals surface area (Å²) in [5.74, 6) is -0.336. The highest BCUT2D eigenvalue weighted by Gasteiger charge is 2.20. The smallest absolute Gasteiger partial charge is 0.222 e. The van der Waals surface area contributed by atoms with E-state index in [9.17, 15) is 20.1 Å². The van der Waals surface area contributed by atoms with Gasteiger partial charge in [0.2, 0.25) is 5.91 Å². The van der Waals surface area contributed by atoms with Gasteiger partial charge in [0.1, 0.15) is 0 Å². The highest BCUT2D eigenvalue weighted by Crippen LogP contribution is 2.14. The predicted molar refractivity (Wildman–Crippen MR) is 222 cm³/mol. The van der Waals surface area contributed by atoms with Crippen LogP contribution in [0, 0.1) is 0 Å². The maximum absolute atomic E-state index is 12.4. The fourth-order valence-corrected chi connectivity index (χ4v) is 6.17. The van der Waals surface area contributed by atoms with Crippen molar-refractivity contribution in [2.45, 2.75) is 218 Å². The van der Waals surface area contributed by atoms with Crippen molar-refractivity contribution in [3.63, 3.8) is 0 Å². The van der Waals surface area contributed by atoms with Crippen LogP contribution >= 0.6 is 0 Å². The molecule has 4 N–H and O–H groups in total. The maximum Gasteiger partial charge on any atom is 0.222 e. The largest absolute Gasteiger partial charge is 0.394 e. The number of nitrogens with one attached hydrogen (secondary N) is 1. The van der Waals surface area contributed by atoms with Gasteiger partial charge in [0.15, 0.2) is 0 Å². The zero-order valence-electron chi connectivity index (χ0n) is 33.5. The van der Waals surface area contributed by atoms with Crippen molar-refractivity contribution >= 4 is 5.91 Å². The lowest BCUT2D eigenvalue weighted by Crippen LogP contribution is -2.45. The number of allylic oxidation sites excluding steroid dienone is 9. The van der Waals surface area contributed by atoms with Gasteiger partial charge in [0.05, 0.1) is 31.3 Å². The molecule has 0 aromatic heterocycles. The monoisotopic (exact) mass is 714 g/mol. The van der Waals surface area contributed by atoms with Crippen molar-refractivity contribution in [2.24, 2.45) is 0 Å². The minimum absolute atomic E-state index is 0.00332. The molecule has 0 aliphatic heterocycles. The van der Waals surface area contributed by atoms with Gasteiger partial charge in [0, 0.05) is 0 Å². The zero-order chi connectivity index (χ0) is 37.3. The highest BCUT2D eigenvalue weighted by atomic mass is 16.3. The van der Waals surface area contributed by atoms with Crippen molar-refractivity contribution in [3.8, 4) is 0 Å². The van der Waals surface area contributed by atoms with Gasteiger partial charge in [-0.05, 0) is 70.6 Å². The van der Waals surface area contributed by atoms with Crippen molar-refractivity contribution < 1.29 is 20.1 Å². The first-order chi connectivity index (χ1) is 25.0. The van der Waals surface area contributed by atoms with E-state index in [1.165, 1.54) is 122 Å². The van der Waals surface area contributed by atoms with E-state index in [1.807, 2.05) is 6.08 Å². The summed E-state index contributed by atoms with van der Waals surface area (Å²) in [6.07, 6.45) is 53.7. The van der Waals surface area contributed by atoms with E-state index in [-0.39, 0.29) is 18.9 Å². The second kappa shape index (κ2) is 40.8. The fraction of sp³-hybridized carbons (Fsp3) is 0.761. The van der Waals surface area contributed by atoms with Gasteiger partial charge in [-0.2, -0.15) is 0 Å². The SMILES string of the molecule is CCC/C=C/CC/C=C/CC/C=C/C(O)C(CO)NC(=O)CC(O)CCCCCCCCCCC/C=C\C/C=C\CCCCCCCCCCC. The van der Waals surface area contributed by atoms with E-state index >= 15 is 0 Å². The molecule has 3 atom stereocenters. The molecule has 51 heavy (non-hydrogen) atoms. The summed E-state index contributed by atoms with van der Waals surface area (Å²) in [7, 11) is 0. The molecule has 3 unspecified atom stereocenters. The van der Waals surface area contributed by atoms with E-state index in [0.717, 1.165) is 51.4 Å². The molecule has 5 nitrogen and oxygen atoms in total. The van der Waals surface area contributed by atoms with Gasteiger partial charge in [-0.25, -0.2) is 0 Å². The van der Waals surface area contributed by atoms with Gasteiger partial charge in [-0.15, -0.1) is 0 Å². The molecule has 0 aliphatic carbocycles. The minimum atomic E-state index is -0.961. The van der Waals surface area contributed by atoms with E-state index in [0.29, 0.717) is 6.42 Å². The molecular formula is C46H83NO4. The Morgan fingerprint density at radius 2 is 0.941 bits per heavy atom. The Kier molecular flexibility index (Phi) is 39.3. The molecule has 0 bridgehead atoms. The number of unbranched alkanes of at least 4 members (excludes halogenated alkanes) is 21. The lowest BCUT2D eigenvalue weighted by Gasteiger charge is -2.21. The first kappa shape index (κ1) is 49.0. The quantitative estimate of drug-likeness (QED) is 0.0379. The van der Waals surface area contributed by atoms with Crippen LogP contribution in [0.4, 0.5) is 0 Å². The number of hydrogen-bond donors (Lipinski definition) is 4. The summed E-state index contributed by atoms with van der Waals surface area (Å²) in [4.78, 5) is 12.4. The molecule has 0 radical (unpaired) electrons. The van der Waals surface area contributed by atoms with Crippen LogP contribution in [0.25, 0.3) is 0 Å². The van der Waals surface area contributed by atoms with Crippen molar-refractivity contribution in [2.75, 3.05) is 6.61 Å². The molecule has 0 saturated carbocycles. The lowest BCUT2D eigenvalue weighted by atomic mass is 10.0. The molecule has 0 aliphatic rings. The standard InChI is InChI=1S/C46H83NO4/c1-3-5-7-9-11-13-15-16-17-18-19-20-21-22-23-24-25-26-27-28-30-31-33-35-37-39-43(49)41-46(51)47-44(42-48)45(50)40-38-36-34-32-29-14-12-10-8-6-4-2/h8,10,19-20,22-23,29,32,38,40,43-45,48-50H,3-7,9,11-18,21,24-28,30-31,33-37,39,41-42H2,1-2H3,(H,47,51)/b10-8+,20-19-,23-22-,32-29+,40-38+. The van der Waals surface area contributed by atoms with Crippen LogP contribution in [0.1, 0.15) is 200 Å². The topological polar surface area (TPSA) is 89.8 Å². The number of aliphatic hydroxyl groups excluding tert-OH is 3. The number of rotatable bonds is 38. The number of amides is 1. The highest BCUT2D eigenvalue weighted by molar-refractivity contribution is 5.76. The van der Waals surface area contributed by atoms with Crippen LogP contribution in [-0.4, -0.2) is 46.1 Å². The summed E-state index contributed by atoms with van der Waals surface area (Å²) in [6.45, 7) is 4.11. The summed E-state index contributed by atoms with van der Waals surface area (Å²) in [6, 6.07) is -0.769. The first-order valence-corrected chi connectivity index (χ1v) is 21.6. The summed E-state index contributed by atoms with van der Waals surface area (Å²) in [5, 5.41) is 33.1. The predicted octanol–water partition coefficient (Wildman–Crippen LogP) is 12.3. The van der Waals surface area contributed by atoms with Crippen molar-refractivity contribution in [3.05, 3.63) is 60.8 Å². The van der Waals surface area contributed by atoms with E-state index < -0.39 is 18.2 Å². The summed E-state index contributed by atoms with van der Waals surface area (Å²) in [5.41, 5.74) is 0. The third-order valence-electron chi connectivity index (χ3n) is 9.49. The maximum atomic E-state index is 12.4. The van der Waals surface area contributed by atoms with Crippen molar-refractivity contribution in [1.82, 2.24) is 5.32 Å². The molecule has 0 rings (SSSR count). The summed E-state index contributed by atoms with van der Waals surface area (Å²) < 4.78 is 0. The molecule has 1 amide bonds. The van der Waals surface area contributed by atoms with Crippen LogP contribution < -0.4 is 5.32 Å². The second-order valence-corrected chi connectivity index (χ2v) is 14.6. The van der Waals surface area contributed by atoms with Gasteiger partial charge in [-0.1, -0.05) is 184 Å². The number of aliphatic hydroxyl groups is 3. The Morgan fingerprint density at radius 1 is 0.510 bits per heavy atom. The average Bonchev–Trinajstić information content (AvgIpc) is 3.12. The molecule has 0 aromatic carbocycles. The van der Waals surface area contributed by atoms with Crippen molar-refractivity contribution in [1.29, 1.82) is 0 Å². The molecular weight excluding hydrogens is 631 g/mol. The van der Waals surface area contributed by atoms with Crippen LogP contribution in [0.15, 0.2) is 60.8 Å². The lowest BCUT2D eigenvalue weighted by molar-refractivity contribution is -0.124. The Morgan fingerprint density at radius 3 is 1.43 bits per heavy atom. The molecule has 0 spiro atoms. The number of carbonyl (C=O) groups excluding carboxylic acids is 1. The van der Waals surface area contributed by atoms with E-state index in [4.69, 9.17) is 0 Å². The van der Waals surface area contributed by atoms with E-state index in [1.54, 1.807) is 6.08 Å². The van der Waals surface area contributed by atoms with Crippen LogP contribution in [-0.2, 0) is 4.79 Å². The Hall–Kier alpha value is -1.95. The normalized spacial score (nSPS) is 14.2. The Balaban J connectivity index is 3.66. The molecule has 296 valence electrons. The van der Waals surface area contributed by atoms with Gasteiger partial charge >= 0.3 is 0 Å².